The first-order valence-corrected chi connectivity index (χ1v) is 7.41. The molecule has 23 heavy (non-hydrogen) atoms. The molecule has 1 aliphatic heterocycles. The van der Waals surface area contributed by atoms with Crippen molar-refractivity contribution in [3.63, 3.8) is 0 Å². The van der Waals surface area contributed by atoms with Crippen molar-refractivity contribution in [2.75, 3.05) is 20.8 Å². The second kappa shape index (κ2) is 6.70. The van der Waals surface area contributed by atoms with Gasteiger partial charge in [-0.1, -0.05) is 0 Å². The normalized spacial score (nSPS) is 20.9. The van der Waals surface area contributed by atoms with E-state index in [-0.39, 0.29) is 6.04 Å². The molecule has 0 radical (unpaired) electrons. The largest absolute Gasteiger partial charge is 0.493 e. The lowest BCUT2D eigenvalue weighted by Gasteiger charge is -2.21. The molecule has 2 unspecified atom stereocenters. The number of hydrogen-bond acceptors (Lipinski definition) is 4. The number of rotatable bonds is 5. The van der Waals surface area contributed by atoms with Crippen LogP contribution in [0.15, 0.2) is 12.1 Å². The third kappa shape index (κ3) is 3.90. The number of aryl methyl sites for hydroxylation is 1. The van der Waals surface area contributed by atoms with Crippen molar-refractivity contribution in [2.45, 2.75) is 38.3 Å². The third-order valence-corrected chi connectivity index (χ3v) is 4.02. The Morgan fingerprint density at radius 2 is 1.96 bits per heavy atom. The number of ether oxygens (including phenoxy) is 2. The molecule has 0 saturated carbocycles. The summed E-state index contributed by atoms with van der Waals surface area (Å²) in [5, 5.41) is 5.33. The van der Waals surface area contributed by atoms with Crippen LogP contribution in [0, 0.1) is 6.92 Å². The quantitative estimate of drug-likeness (QED) is 0.870. The highest BCUT2D eigenvalue weighted by Crippen LogP contribution is 2.33. The number of carbonyl (C=O) groups is 1. The SMILES string of the molecule is COc1cc(C)c(C(C)NC(=O)C2CC(F)(F)CN2)cc1OC. The lowest BCUT2D eigenvalue weighted by Crippen LogP contribution is -2.41. The van der Waals surface area contributed by atoms with Gasteiger partial charge in [-0.3, -0.25) is 10.1 Å². The molecular formula is C16H22F2N2O3. The molecule has 5 nitrogen and oxygen atoms in total. The van der Waals surface area contributed by atoms with Crippen LogP contribution in [0.3, 0.4) is 0 Å². The maximum Gasteiger partial charge on any atom is 0.262 e. The van der Waals surface area contributed by atoms with E-state index in [9.17, 15) is 13.6 Å². The van der Waals surface area contributed by atoms with E-state index >= 15 is 0 Å². The second-order valence-electron chi connectivity index (χ2n) is 5.79. The van der Waals surface area contributed by atoms with E-state index in [4.69, 9.17) is 9.47 Å². The van der Waals surface area contributed by atoms with Crippen molar-refractivity contribution in [3.8, 4) is 11.5 Å². The predicted octanol–water partition coefficient (Wildman–Crippen LogP) is 2.19. The Morgan fingerprint density at radius 3 is 2.48 bits per heavy atom. The summed E-state index contributed by atoms with van der Waals surface area (Å²) in [5.41, 5.74) is 1.76. The van der Waals surface area contributed by atoms with Crippen LogP contribution < -0.4 is 20.1 Å². The van der Waals surface area contributed by atoms with Gasteiger partial charge in [-0.2, -0.15) is 0 Å². The molecule has 1 aliphatic rings. The van der Waals surface area contributed by atoms with Gasteiger partial charge in [0.1, 0.15) is 0 Å². The van der Waals surface area contributed by atoms with Gasteiger partial charge >= 0.3 is 0 Å². The Labute approximate surface area is 134 Å². The molecule has 0 bridgehead atoms. The zero-order chi connectivity index (χ0) is 17.2. The summed E-state index contributed by atoms with van der Waals surface area (Å²) in [7, 11) is 3.08. The van der Waals surface area contributed by atoms with Gasteiger partial charge in [-0.05, 0) is 37.1 Å². The first-order chi connectivity index (χ1) is 10.8. The second-order valence-corrected chi connectivity index (χ2v) is 5.79. The zero-order valence-electron chi connectivity index (χ0n) is 13.7. The summed E-state index contributed by atoms with van der Waals surface area (Å²) in [4.78, 5) is 12.1. The summed E-state index contributed by atoms with van der Waals surface area (Å²) in [6, 6.07) is 2.40. The van der Waals surface area contributed by atoms with Crippen molar-refractivity contribution in [1.82, 2.24) is 10.6 Å². The van der Waals surface area contributed by atoms with Crippen LogP contribution in [0.4, 0.5) is 8.78 Å². The maximum absolute atomic E-state index is 13.2. The van der Waals surface area contributed by atoms with Gasteiger partial charge in [0.2, 0.25) is 5.91 Å². The lowest BCUT2D eigenvalue weighted by atomic mass is 10.0. The minimum atomic E-state index is -2.83. The van der Waals surface area contributed by atoms with Crippen molar-refractivity contribution in [2.24, 2.45) is 0 Å². The molecule has 1 aromatic rings. The molecule has 1 saturated heterocycles. The Balaban J connectivity index is 2.11. The number of methoxy groups -OCH3 is 2. The van der Waals surface area contributed by atoms with Crippen LogP contribution in [0.25, 0.3) is 0 Å². The van der Waals surface area contributed by atoms with Crippen molar-refractivity contribution in [3.05, 3.63) is 23.3 Å². The van der Waals surface area contributed by atoms with E-state index < -0.39 is 30.8 Å². The molecule has 1 fully saturated rings. The smallest absolute Gasteiger partial charge is 0.262 e. The number of amides is 1. The molecule has 7 heteroatoms. The fraction of sp³-hybridized carbons (Fsp3) is 0.562. The lowest BCUT2D eigenvalue weighted by molar-refractivity contribution is -0.124. The molecule has 2 atom stereocenters. The van der Waals surface area contributed by atoms with Gasteiger partial charge in [0.15, 0.2) is 11.5 Å². The number of carbonyl (C=O) groups excluding carboxylic acids is 1. The first-order valence-electron chi connectivity index (χ1n) is 7.41. The highest BCUT2D eigenvalue weighted by Gasteiger charge is 2.42. The fourth-order valence-corrected chi connectivity index (χ4v) is 2.76. The van der Waals surface area contributed by atoms with Gasteiger partial charge in [0.05, 0.1) is 32.8 Å². The topological polar surface area (TPSA) is 59.6 Å². The van der Waals surface area contributed by atoms with Crippen LogP contribution in [0.1, 0.15) is 30.5 Å². The van der Waals surface area contributed by atoms with E-state index in [0.29, 0.717) is 11.5 Å². The Hall–Kier alpha value is -1.89. The monoisotopic (exact) mass is 328 g/mol. The molecule has 2 N–H and O–H groups in total. The number of benzene rings is 1. The van der Waals surface area contributed by atoms with Crippen molar-refractivity contribution >= 4 is 5.91 Å². The van der Waals surface area contributed by atoms with Crippen LogP contribution in [-0.2, 0) is 4.79 Å². The molecular weight excluding hydrogens is 306 g/mol. The molecule has 128 valence electrons. The minimum Gasteiger partial charge on any atom is -0.493 e. The van der Waals surface area contributed by atoms with Gasteiger partial charge in [-0.25, -0.2) is 8.78 Å². The minimum absolute atomic E-state index is 0.335. The number of alkyl halides is 2. The zero-order valence-corrected chi connectivity index (χ0v) is 13.7. The Bertz CT molecular complexity index is 593. The number of nitrogens with one attached hydrogen (secondary N) is 2. The highest BCUT2D eigenvalue weighted by atomic mass is 19.3. The summed E-state index contributed by atoms with van der Waals surface area (Å²) in [6.07, 6.45) is -0.476. The van der Waals surface area contributed by atoms with Gasteiger partial charge in [0.25, 0.3) is 5.92 Å². The number of hydrogen-bond donors (Lipinski definition) is 2. The van der Waals surface area contributed by atoms with E-state index in [0.717, 1.165) is 11.1 Å². The molecule has 0 aliphatic carbocycles. The maximum atomic E-state index is 13.2. The summed E-state index contributed by atoms with van der Waals surface area (Å²) >= 11 is 0. The molecule has 1 heterocycles. The summed E-state index contributed by atoms with van der Waals surface area (Å²) in [6.45, 7) is 3.23. The van der Waals surface area contributed by atoms with E-state index in [1.807, 2.05) is 13.0 Å². The van der Waals surface area contributed by atoms with Crippen LogP contribution in [0.5, 0.6) is 11.5 Å². The fourth-order valence-electron chi connectivity index (χ4n) is 2.76. The Kier molecular flexibility index (Phi) is 5.09. The van der Waals surface area contributed by atoms with E-state index in [1.54, 1.807) is 20.1 Å². The van der Waals surface area contributed by atoms with Crippen LogP contribution >= 0.6 is 0 Å². The average Bonchev–Trinajstić information content (AvgIpc) is 2.86. The van der Waals surface area contributed by atoms with Gasteiger partial charge in [0, 0.05) is 6.42 Å². The molecule has 1 aromatic carbocycles. The molecule has 0 aromatic heterocycles. The molecule has 0 spiro atoms. The number of halogens is 2. The summed E-state index contributed by atoms with van der Waals surface area (Å²) < 4.78 is 36.9. The standard InChI is InChI=1S/C16H22F2N2O3/c1-9-5-13(22-3)14(23-4)6-11(9)10(2)20-15(21)12-7-16(17,18)8-19-12/h5-6,10,12,19H,7-8H2,1-4H3,(H,20,21). The van der Waals surface area contributed by atoms with Gasteiger partial charge in [-0.15, -0.1) is 0 Å². The van der Waals surface area contributed by atoms with E-state index in [1.165, 1.54) is 7.11 Å². The third-order valence-electron chi connectivity index (χ3n) is 4.02. The van der Waals surface area contributed by atoms with E-state index in [2.05, 4.69) is 10.6 Å². The average molecular weight is 328 g/mol. The highest BCUT2D eigenvalue weighted by molar-refractivity contribution is 5.82. The van der Waals surface area contributed by atoms with Crippen LogP contribution in [0.2, 0.25) is 0 Å². The first kappa shape index (κ1) is 17.5. The van der Waals surface area contributed by atoms with Gasteiger partial charge < -0.3 is 14.8 Å². The summed E-state index contributed by atoms with van der Waals surface area (Å²) in [5.74, 6) is -2.10. The predicted molar refractivity (Wildman–Crippen MR) is 82.2 cm³/mol. The Morgan fingerprint density at radius 1 is 1.35 bits per heavy atom. The van der Waals surface area contributed by atoms with Crippen molar-refractivity contribution < 1.29 is 23.0 Å². The van der Waals surface area contributed by atoms with Crippen LogP contribution in [-0.4, -0.2) is 38.6 Å². The molecule has 2 rings (SSSR count). The molecule has 1 amide bonds. The van der Waals surface area contributed by atoms with Crippen molar-refractivity contribution in [1.29, 1.82) is 0 Å².